The number of aliphatic hydroxyl groups excluding tert-OH is 2. The lowest BCUT2D eigenvalue weighted by Gasteiger charge is -2.26. The molecule has 49 heavy (non-hydrogen) atoms. The highest BCUT2D eigenvalue weighted by molar-refractivity contribution is 6.41. The number of nitrogens with one attached hydrogen (secondary N) is 6. The molecule has 0 spiro atoms. The number of hydrazine groups is 1. The Labute approximate surface area is 278 Å². The van der Waals surface area contributed by atoms with Gasteiger partial charge in [-0.05, 0) is 24.9 Å². The van der Waals surface area contributed by atoms with Gasteiger partial charge in [-0.15, -0.1) is 0 Å². The second kappa shape index (κ2) is 19.5. The van der Waals surface area contributed by atoms with Gasteiger partial charge < -0.3 is 47.4 Å². The molecule has 6 atom stereocenters. The van der Waals surface area contributed by atoms with E-state index in [1.807, 2.05) is 16.0 Å². The number of ketones is 2. The molecule has 3 unspecified atom stereocenters. The van der Waals surface area contributed by atoms with Crippen LogP contribution in [0.5, 0.6) is 0 Å². The van der Waals surface area contributed by atoms with Crippen molar-refractivity contribution < 1.29 is 63.6 Å². The molecule has 1 heterocycles. The van der Waals surface area contributed by atoms with Crippen LogP contribution in [-0.2, 0) is 49.6 Å². The van der Waals surface area contributed by atoms with Gasteiger partial charge in [-0.25, -0.2) is 5.43 Å². The highest BCUT2D eigenvalue weighted by Crippen LogP contribution is 2.13. The van der Waals surface area contributed by atoms with Crippen molar-refractivity contribution in [3.05, 3.63) is 35.9 Å². The second-order valence-electron chi connectivity index (χ2n) is 11.0. The average Bonchev–Trinajstić information content (AvgIpc) is 3.05. The molecule has 20 heteroatoms. The molecule has 1 fully saturated rings. The first kappa shape index (κ1) is 39.9. The van der Waals surface area contributed by atoms with E-state index in [2.05, 4.69) is 16.2 Å². The molecule has 1 aromatic carbocycles. The number of carbonyl (C=O) groups excluding carboxylic acids is 7. The third-order valence-electron chi connectivity index (χ3n) is 7.25. The van der Waals surface area contributed by atoms with Crippen LogP contribution < -0.4 is 37.9 Å². The zero-order chi connectivity index (χ0) is 36.7. The van der Waals surface area contributed by atoms with Crippen LogP contribution in [0.1, 0.15) is 31.2 Å². The summed E-state index contributed by atoms with van der Waals surface area (Å²) < 4.78 is 0. The fourth-order valence-electron chi connectivity index (χ4n) is 4.69. The lowest BCUT2D eigenvalue weighted by Crippen LogP contribution is -2.61. The summed E-state index contributed by atoms with van der Waals surface area (Å²) in [4.78, 5) is 113. The second-order valence-corrected chi connectivity index (χ2v) is 11.0. The van der Waals surface area contributed by atoms with Crippen LogP contribution in [0.25, 0.3) is 0 Å². The third kappa shape index (κ3) is 13.0. The molecule has 0 saturated carbocycles. The van der Waals surface area contributed by atoms with Gasteiger partial charge in [0.15, 0.2) is 0 Å². The maximum absolute atomic E-state index is 13.3. The molecule has 0 radical (unpaired) electrons. The van der Waals surface area contributed by atoms with Gasteiger partial charge in [0.05, 0.1) is 32.1 Å². The number of nitrogens with two attached hydrogens (primary N) is 1. The number of carboxylic acids is 2. The number of aliphatic carboxylic acids is 2. The number of carbonyl (C=O) groups is 9. The topological polar surface area (TPSA) is 333 Å². The van der Waals surface area contributed by atoms with Crippen LogP contribution in [0.3, 0.4) is 0 Å². The van der Waals surface area contributed by atoms with Gasteiger partial charge >= 0.3 is 11.9 Å². The van der Waals surface area contributed by atoms with Gasteiger partial charge in [0, 0.05) is 12.3 Å². The average molecular weight is 694 g/mol. The van der Waals surface area contributed by atoms with E-state index in [1.165, 1.54) is 0 Å². The maximum Gasteiger partial charge on any atom is 0.305 e. The van der Waals surface area contributed by atoms with Crippen LogP contribution >= 0.6 is 0 Å². The van der Waals surface area contributed by atoms with Crippen molar-refractivity contribution in [3.63, 3.8) is 0 Å². The summed E-state index contributed by atoms with van der Waals surface area (Å²) >= 11 is 0. The van der Waals surface area contributed by atoms with Gasteiger partial charge in [0.25, 0.3) is 0 Å². The molecular weight excluding hydrogens is 654 g/mol. The van der Waals surface area contributed by atoms with Crippen LogP contribution in [0.15, 0.2) is 30.3 Å². The highest BCUT2D eigenvalue weighted by atomic mass is 16.4. The number of rotatable bonds is 10. The molecule has 1 aliphatic rings. The van der Waals surface area contributed by atoms with E-state index < -0.39 is 122 Å². The van der Waals surface area contributed by atoms with E-state index in [9.17, 15) is 63.6 Å². The summed E-state index contributed by atoms with van der Waals surface area (Å²) in [5.41, 5.74) is 10.5. The molecule has 0 bridgehead atoms. The van der Waals surface area contributed by atoms with Crippen LogP contribution in [-0.4, -0.2) is 123 Å². The predicted molar refractivity (Wildman–Crippen MR) is 163 cm³/mol. The quantitative estimate of drug-likeness (QED) is 0.102. The minimum atomic E-state index is -1.95. The summed E-state index contributed by atoms with van der Waals surface area (Å²) in [5.74, 6) is -12.3. The van der Waals surface area contributed by atoms with E-state index in [-0.39, 0.29) is 19.4 Å². The fraction of sp³-hybridized carbons (Fsp3) is 0.483. The van der Waals surface area contributed by atoms with Gasteiger partial charge in [-0.2, -0.15) is 0 Å². The van der Waals surface area contributed by atoms with Crippen molar-refractivity contribution in [2.45, 2.75) is 62.3 Å². The van der Waals surface area contributed by atoms with E-state index >= 15 is 0 Å². The highest BCUT2D eigenvalue weighted by Gasteiger charge is 2.36. The minimum absolute atomic E-state index is 0.0614. The van der Waals surface area contributed by atoms with Crippen molar-refractivity contribution >= 4 is 53.0 Å². The van der Waals surface area contributed by atoms with Gasteiger partial charge in [-0.1, -0.05) is 30.3 Å². The molecule has 1 aliphatic heterocycles. The van der Waals surface area contributed by atoms with Crippen LogP contribution in [0, 0.1) is 5.92 Å². The summed E-state index contributed by atoms with van der Waals surface area (Å²) in [6.07, 6.45) is -2.70. The Hall–Kier alpha value is -5.31. The number of aliphatic hydroxyl groups is 2. The van der Waals surface area contributed by atoms with Crippen LogP contribution in [0.4, 0.5) is 0 Å². The zero-order valence-electron chi connectivity index (χ0n) is 26.0. The standard InChI is InChI=1S/C29H39N7O13/c30-21(39)9-16-24(44)25(45)19(12-37)33-29(49)20(13-38)34-27(47)17(10-22(40)41)32-28(48)18(11-23(42)43)35-36-26(46)15(6-7-31-16)8-14-4-2-1-3-5-14/h1-5,15-20,31,35,37-38H,6-13H2,(H2,30,39)(H,32,48)(H,33,49)(H,34,47)(H,36,46)(H,40,41)(H,42,43)/t15?,16-,17-,18?,19-,20?/m0/s1. The molecule has 0 aromatic heterocycles. The molecule has 12 N–H and O–H groups in total. The first-order valence-electron chi connectivity index (χ1n) is 14.9. The molecule has 5 amide bonds. The molecule has 1 aromatic rings. The van der Waals surface area contributed by atoms with Crippen molar-refractivity contribution in [2.75, 3.05) is 19.8 Å². The number of hydrogen-bond acceptors (Lipinski definition) is 13. The molecule has 268 valence electrons. The first-order valence-corrected chi connectivity index (χ1v) is 14.9. The van der Waals surface area contributed by atoms with Crippen molar-refractivity contribution in [3.8, 4) is 0 Å². The number of Topliss-reactive ketones (excluding diaryl/α,β-unsaturated/α-hetero) is 2. The maximum atomic E-state index is 13.3. The van der Waals surface area contributed by atoms with E-state index in [1.54, 1.807) is 30.3 Å². The van der Waals surface area contributed by atoms with Gasteiger partial charge in [0.1, 0.15) is 24.2 Å². The molecule has 20 nitrogen and oxygen atoms in total. The smallest absolute Gasteiger partial charge is 0.305 e. The molecule has 2 rings (SSSR count). The van der Waals surface area contributed by atoms with E-state index in [4.69, 9.17) is 5.73 Å². The summed E-state index contributed by atoms with van der Waals surface area (Å²) in [6.45, 7) is -2.45. The number of primary amides is 1. The van der Waals surface area contributed by atoms with Crippen molar-refractivity contribution in [2.24, 2.45) is 11.7 Å². The fourth-order valence-corrected chi connectivity index (χ4v) is 4.69. The Morgan fingerprint density at radius 1 is 0.673 bits per heavy atom. The van der Waals surface area contributed by atoms with Crippen LogP contribution in [0.2, 0.25) is 0 Å². The number of benzene rings is 1. The SMILES string of the molecule is NC(=O)C[C@@H]1NCCC(Cc2ccccc2)C(=O)NNC(CC(=O)O)C(=O)N[C@@H](CC(=O)O)C(=O)NC(CO)C(=O)N[C@@H](CO)C(=O)C1=O. The third-order valence-corrected chi connectivity index (χ3v) is 7.25. The zero-order valence-corrected chi connectivity index (χ0v) is 26.0. The Bertz CT molecular complexity index is 1410. The number of hydrogen-bond donors (Lipinski definition) is 11. The number of carboxylic acid groups (broad SMARTS) is 2. The monoisotopic (exact) mass is 693 g/mol. The Balaban J connectivity index is 2.54. The Morgan fingerprint density at radius 3 is 1.76 bits per heavy atom. The van der Waals surface area contributed by atoms with Crippen molar-refractivity contribution in [1.29, 1.82) is 0 Å². The largest absolute Gasteiger partial charge is 0.481 e. The van der Waals surface area contributed by atoms with Gasteiger partial charge in [0.2, 0.25) is 41.1 Å². The number of amides is 5. The Kier molecular flexibility index (Phi) is 15.9. The lowest BCUT2D eigenvalue weighted by molar-refractivity contribution is -0.143. The predicted octanol–water partition coefficient (Wildman–Crippen LogP) is -5.40. The normalized spacial score (nSPS) is 25.3. The van der Waals surface area contributed by atoms with Gasteiger partial charge in [-0.3, -0.25) is 48.6 Å². The summed E-state index contributed by atoms with van der Waals surface area (Å²) in [6, 6.07) is -0.529. The molecule has 1 saturated heterocycles. The molecule has 0 aliphatic carbocycles. The van der Waals surface area contributed by atoms with E-state index in [0.29, 0.717) is 5.56 Å². The van der Waals surface area contributed by atoms with Crippen molar-refractivity contribution in [1.82, 2.24) is 32.1 Å². The first-order chi connectivity index (χ1) is 23.2. The van der Waals surface area contributed by atoms with E-state index in [0.717, 1.165) is 0 Å². The Morgan fingerprint density at radius 2 is 1.18 bits per heavy atom. The lowest BCUT2D eigenvalue weighted by atomic mass is 9.94. The summed E-state index contributed by atoms with van der Waals surface area (Å²) in [7, 11) is 0. The summed E-state index contributed by atoms with van der Waals surface area (Å²) in [5, 5.41) is 46.9. The minimum Gasteiger partial charge on any atom is -0.481 e. The molecular formula is C29H39N7O13.